The van der Waals surface area contributed by atoms with Crippen molar-refractivity contribution in [2.24, 2.45) is 11.1 Å². The molecule has 0 saturated heterocycles. The van der Waals surface area contributed by atoms with Gasteiger partial charge in [0.1, 0.15) is 5.82 Å². The normalized spacial score (nSPS) is 15.8. The van der Waals surface area contributed by atoms with Crippen LogP contribution in [0.4, 0.5) is 4.39 Å². The monoisotopic (exact) mass is 237 g/mol. The second-order valence-corrected chi connectivity index (χ2v) is 3.95. The van der Waals surface area contributed by atoms with Crippen LogP contribution >= 0.6 is 0 Å². The summed E-state index contributed by atoms with van der Waals surface area (Å²) in [7, 11) is 1.26. The molecule has 0 aromatic heterocycles. The molecule has 1 aliphatic carbocycles. The molecule has 0 atom stereocenters. The Bertz CT molecular complexity index is 481. The van der Waals surface area contributed by atoms with Gasteiger partial charge in [-0.25, -0.2) is 9.18 Å². The van der Waals surface area contributed by atoms with Gasteiger partial charge in [0.25, 0.3) is 0 Å². The van der Waals surface area contributed by atoms with Gasteiger partial charge < -0.3 is 9.94 Å². The van der Waals surface area contributed by atoms with Gasteiger partial charge in [0, 0.05) is 11.5 Å². The molecule has 2 rings (SSSR count). The van der Waals surface area contributed by atoms with Crippen molar-refractivity contribution in [3.63, 3.8) is 0 Å². The minimum atomic E-state index is -0.542. The zero-order valence-electron chi connectivity index (χ0n) is 9.31. The zero-order valence-corrected chi connectivity index (χ0v) is 9.31. The summed E-state index contributed by atoms with van der Waals surface area (Å²) < 4.78 is 18.2. The van der Waals surface area contributed by atoms with Gasteiger partial charge >= 0.3 is 5.97 Å². The van der Waals surface area contributed by atoms with Gasteiger partial charge in [0.05, 0.1) is 18.4 Å². The third-order valence-corrected chi connectivity index (χ3v) is 2.74. The van der Waals surface area contributed by atoms with E-state index < -0.39 is 11.8 Å². The van der Waals surface area contributed by atoms with Crippen LogP contribution in [-0.4, -0.2) is 24.0 Å². The fourth-order valence-corrected chi connectivity index (χ4v) is 1.68. The minimum Gasteiger partial charge on any atom is -0.465 e. The van der Waals surface area contributed by atoms with E-state index >= 15 is 0 Å². The molecule has 1 aromatic rings. The number of carbonyl (C=O) groups is 1. The van der Waals surface area contributed by atoms with E-state index in [0.717, 1.165) is 12.8 Å². The van der Waals surface area contributed by atoms with Crippen LogP contribution in [0.1, 0.15) is 28.8 Å². The van der Waals surface area contributed by atoms with Crippen LogP contribution < -0.4 is 0 Å². The Morgan fingerprint density at radius 2 is 2.24 bits per heavy atom. The average Bonchev–Trinajstić information content (AvgIpc) is 3.16. The van der Waals surface area contributed by atoms with Gasteiger partial charge in [0.15, 0.2) is 0 Å². The molecule has 1 aromatic carbocycles. The first-order valence-electron chi connectivity index (χ1n) is 5.27. The lowest BCUT2D eigenvalue weighted by atomic mass is 10.0. The average molecular weight is 237 g/mol. The van der Waals surface area contributed by atoms with E-state index in [-0.39, 0.29) is 17.0 Å². The lowest BCUT2D eigenvalue weighted by Gasteiger charge is -2.06. The number of methoxy groups -OCH3 is 1. The molecule has 17 heavy (non-hydrogen) atoms. The molecule has 0 unspecified atom stereocenters. The Hall–Kier alpha value is -1.91. The van der Waals surface area contributed by atoms with Gasteiger partial charge in [-0.3, -0.25) is 0 Å². The Morgan fingerprint density at radius 1 is 1.53 bits per heavy atom. The summed E-state index contributed by atoms with van der Waals surface area (Å²) in [5.74, 6) is -0.959. The van der Waals surface area contributed by atoms with E-state index in [1.54, 1.807) is 0 Å². The van der Waals surface area contributed by atoms with E-state index in [2.05, 4.69) is 9.89 Å². The molecule has 0 bridgehead atoms. The summed E-state index contributed by atoms with van der Waals surface area (Å²) in [6.07, 6.45) is 1.75. The van der Waals surface area contributed by atoms with Crippen molar-refractivity contribution in [1.82, 2.24) is 0 Å². The zero-order chi connectivity index (χ0) is 12.4. The van der Waals surface area contributed by atoms with Crippen molar-refractivity contribution >= 4 is 11.7 Å². The Morgan fingerprint density at radius 3 is 2.76 bits per heavy atom. The number of benzene rings is 1. The summed E-state index contributed by atoms with van der Waals surface area (Å²) in [5.41, 5.74) is 0.705. The molecule has 0 radical (unpaired) electrons. The second-order valence-electron chi connectivity index (χ2n) is 3.95. The van der Waals surface area contributed by atoms with E-state index in [9.17, 15) is 9.18 Å². The molecular weight excluding hydrogens is 225 g/mol. The predicted molar refractivity (Wildman–Crippen MR) is 58.8 cm³/mol. The highest BCUT2D eigenvalue weighted by atomic mass is 19.1. The molecule has 0 spiro atoms. The number of rotatable bonds is 3. The van der Waals surface area contributed by atoms with Gasteiger partial charge in [-0.05, 0) is 31.0 Å². The van der Waals surface area contributed by atoms with Crippen molar-refractivity contribution in [1.29, 1.82) is 0 Å². The van der Waals surface area contributed by atoms with Crippen molar-refractivity contribution < 1.29 is 19.1 Å². The molecule has 0 amide bonds. The summed E-state index contributed by atoms with van der Waals surface area (Å²) >= 11 is 0. The highest BCUT2D eigenvalue weighted by molar-refractivity contribution is 6.05. The molecule has 4 nitrogen and oxygen atoms in total. The van der Waals surface area contributed by atoms with Crippen LogP contribution in [0.3, 0.4) is 0 Å². The molecule has 1 N–H and O–H groups in total. The molecular formula is C12H12FNO3. The third kappa shape index (κ3) is 2.27. The first-order valence-corrected chi connectivity index (χ1v) is 5.27. The van der Waals surface area contributed by atoms with Crippen molar-refractivity contribution in [2.75, 3.05) is 7.11 Å². The number of oxime groups is 1. The topological polar surface area (TPSA) is 58.9 Å². The first kappa shape index (κ1) is 11.6. The number of ether oxygens (including phenoxy) is 1. The number of hydrogen-bond donors (Lipinski definition) is 1. The largest absolute Gasteiger partial charge is 0.465 e. The van der Waals surface area contributed by atoms with Gasteiger partial charge in [0.2, 0.25) is 0 Å². The highest BCUT2D eigenvalue weighted by Crippen LogP contribution is 2.34. The predicted octanol–water partition coefficient (Wildman–Crippen LogP) is 2.20. The van der Waals surface area contributed by atoms with Crippen molar-refractivity contribution in [3.8, 4) is 0 Å². The minimum absolute atomic E-state index is 0.0856. The van der Waals surface area contributed by atoms with E-state index in [1.807, 2.05) is 0 Å². The standard InChI is InChI=1S/C12H12FNO3/c1-17-12(15)8-4-5-10(13)9(6-8)11(14-16)7-2-3-7/h4-7,16H,2-3H2,1H3/b14-11+. The van der Waals surface area contributed by atoms with Crippen LogP contribution in [0.25, 0.3) is 0 Å². The van der Waals surface area contributed by atoms with Gasteiger partial charge in [-0.1, -0.05) is 5.16 Å². The van der Waals surface area contributed by atoms with E-state index in [1.165, 1.54) is 25.3 Å². The summed E-state index contributed by atoms with van der Waals surface area (Å²) in [5, 5.41) is 12.0. The fraction of sp³-hybridized carbons (Fsp3) is 0.333. The molecule has 0 heterocycles. The molecule has 90 valence electrons. The van der Waals surface area contributed by atoms with Crippen LogP contribution in [0, 0.1) is 11.7 Å². The summed E-state index contributed by atoms with van der Waals surface area (Å²) in [6, 6.07) is 3.87. The lowest BCUT2D eigenvalue weighted by molar-refractivity contribution is 0.0600. The molecule has 1 aliphatic rings. The van der Waals surface area contributed by atoms with Crippen LogP contribution in [0.2, 0.25) is 0 Å². The van der Waals surface area contributed by atoms with E-state index in [0.29, 0.717) is 5.71 Å². The third-order valence-electron chi connectivity index (χ3n) is 2.74. The molecule has 5 heteroatoms. The van der Waals surface area contributed by atoms with Gasteiger partial charge in [-0.2, -0.15) is 0 Å². The maximum atomic E-state index is 13.6. The summed E-state index contributed by atoms with van der Waals surface area (Å²) in [6.45, 7) is 0. The Labute approximate surface area is 97.7 Å². The van der Waals surface area contributed by atoms with Crippen molar-refractivity contribution in [2.45, 2.75) is 12.8 Å². The van der Waals surface area contributed by atoms with Crippen LogP contribution in [-0.2, 0) is 4.74 Å². The highest BCUT2D eigenvalue weighted by Gasteiger charge is 2.31. The fourth-order valence-electron chi connectivity index (χ4n) is 1.68. The Kier molecular flexibility index (Phi) is 3.08. The van der Waals surface area contributed by atoms with E-state index in [4.69, 9.17) is 5.21 Å². The smallest absolute Gasteiger partial charge is 0.337 e. The maximum absolute atomic E-state index is 13.6. The maximum Gasteiger partial charge on any atom is 0.337 e. The number of carbonyl (C=O) groups excluding carboxylic acids is 1. The number of nitrogens with zero attached hydrogens (tertiary/aromatic N) is 1. The number of esters is 1. The Balaban J connectivity index is 2.41. The van der Waals surface area contributed by atoms with Gasteiger partial charge in [-0.15, -0.1) is 0 Å². The molecule has 1 saturated carbocycles. The molecule has 1 fully saturated rings. The molecule has 0 aliphatic heterocycles. The SMILES string of the molecule is COC(=O)c1ccc(F)c(/C(=N/O)C2CC2)c1. The first-order chi connectivity index (χ1) is 8.17. The summed E-state index contributed by atoms with van der Waals surface area (Å²) in [4.78, 5) is 11.3. The number of hydrogen-bond acceptors (Lipinski definition) is 4. The second kappa shape index (κ2) is 4.53. The quantitative estimate of drug-likeness (QED) is 0.379. The lowest BCUT2D eigenvalue weighted by Crippen LogP contribution is -2.09. The van der Waals surface area contributed by atoms with Crippen LogP contribution in [0.15, 0.2) is 23.4 Å². The van der Waals surface area contributed by atoms with Crippen molar-refractivity contribution in [3.05, 3.63) is 35.1 Å². The van der Waals surface area contributed by atoms with Crippen LogP contribution in [0.5, 0.6) is 0 Å². The number of halogens is 1.